The first-order chi connectivity index (χ1) is 7.70. The molecule has 0 saturated carbocycles. The Morgan fingerprint density at radius 2 is 1.88 bits per heavy atom. The average Bonchev–Trinajstić information content (AvgIpc) is 2.75. The van der Waals surface area contributed by atoms with Crippen molar-refractivity contribution in [2.45, 2.75) is 51.2 Å². The molecule has 2 N–H and O–H groups in total. The highest BCUT2D eigenvalue weighted by molar-refractivity contribution is 5.35. The lowest BCUT2D eigenvalue weighted by Crippen LogP contribution is -2.27. The molecule has 0 radical (unpaired) electrons. The predicted molar refractivity (Wildman–Crippen MR) is 64.5 cm³/mol. The molecule has 88 valence electrons. The van der Waals surface area contributed by atoms with Crippen molar-refractivity contribution in [2.24, 2.45) is 0 Å². The molecule has 2 atom stereocenters. The van der Waals surface area contributed by atoms with E-state index in [1.807, 2.05) is 6.92 Å². The van der Waals surface area contributed by atoms with E-state index in [0.29, 0.717) is 12.8 Å². The maximum atomic E-state index is 9.77. The van der Waals surface area contributed by atoms with Crippen LogP contribution in [0.25, 0.3) is 0 Å². The number of aliphatic hydroxyl groups excluding tert-OH is 2. The second-order valence-electron chi connectivity index (χ2n) is 4.70. The summed E-state index contributed by atoms with van der Waals surface area (Å²) in [5.74, 6) is 0. The molecule has 0 bridgehead atoms. The fourth-order valence-corrected chi connectivity index (χ4v) is 2.40. The second-order valence-corrected chi connectivity index (χ2v) is 4.70. The SMILES string of the molecule is CCC(O)C(O)Cc1ccc2c(c1)CCC2. The Hall–Kier alpha value is -0.860. The highest BCUT2D eigenvalue weighted by Crippen LogP contribution is 2.23. The third kappa shape index (κ3) is 2.45. The first-order valence-corrected chi connectivity index (χ1v) is 6.17. The molecule has 0 fully saturated rings. The highest BCUT2D eigenvalue weighted by Gasteiger charge is 2.16. The van der Waals surface area contributed by atoms with Gasteiger partial charge in [0.15, 0.2) is 0 Å². The minimum absolute atomic E-state index is 0.558. The summed E-state index contributed by atoms with van der Waals surface area (Å²) in [6.45, 7) is 1.89. The van der Waals surface area contributed by atoms with Gasteiger partial charge in [0.25, 0.3) is 0 Å². The van der Waals surface area contributed by atoms with Gasteiger partial charge in [0.05, 0.1) is 12.2 Å². The third-order valence-corrected chi connectivity index (χ3v) is 3.47. The van der Waals surface area contributed by atoms with Crippen molar-refractivity contribution in [1.29, 1.82) is 0 Å². The Bertz CT molecular complexity index is 360. The lowest BCUT2D eigenvalue weighted by atomic mass is 9.99. The Balaban J connectivity index is 2.05. The van der Waals surface area contributed by atoms with Crippen molar-refractivity contribution in [3.8, 4) is 0 Å². The fourth-order valence-electron chi connectivity index (χ4n) is 2.40. The van der Waals surface area contributed by atoms with Crippen LogP contribution in [0.2, 0.25) is 0 Å². The number of hydrogen-bond donors (Lipinski definition) is 2. The quantitative estimate of drug-likeness (QED) is 0.813. The first-order valence-electron chi connectivity index (χ1n) is 6.17. The van der Waals surface area contributed by atoms with Crippen molar-refractivity contribution >= 4 is 0 Å². The Morgan fingerprint density at radius 1 is 1.12 bits per heavy atom. The summed E-state index contributed by atoms with van der Waals surface area (Å²) in [5, 5.41) is 19.3. The van der Waals surface area contributed by atoms with Crippen LogP contribution in [-0.2, 0) is 19.3 Å². The maximum Gasteiger partial charge on any atom is 0.0839 e. The van der Waals surface area contributed by atoms with Crippen LogP contribution in [0.15, 0.2) is 18.2 Å². The summed E-state index contributed by atoms with van der Waals surface area (Å²) in [5.41, 5.74) is 4.02. The summed E-state index contributed by atoms with van der Waals surface area (Å²) >= 11 is 0. The van der Waals surface area contributed by atoms with Gasteiger partial charge in [-0.15, -0.1) is 0 Å². The molecule has 2 heteroatoms. The number of hydrogen-bond acceptors (Lipinski definition) is 2. The van der Waals surface area contributed by atoms with Crippen molar-refractivity contribution in [3.05, 3.63) is 34.9 Å². The van der Waals surface area contributed by atoms with Crippen molar-refractivity contribution in [3.63, 3.8) is 0 Å². The van der Waals surface area contributed by atoms with Gasteiger partial charge in [-0.2, -0.15) is 0 Å². The lowest BCUT2D eigenvalue weighted by molar-refractivity contribution is 0.0181. The zero-order chi connectivity index (χ0) is 11.5. The van der Waals surface area contributed by atoms with Crippen LogP contribution < -0.4 is 0 Å². The van der Waals surface area contributed by atoms with Gasteiger partial charge in [-0.1, -0.05) is 25.1 Å². The monoisotopic (exact) mass is 220 g/mol. The second kappa shape index (κ2) is 4.98. The zero-order valence-electron chi connectivity index (χ0n) is 9.82. The van der Waals surface area contributed by atoms with Gasteiger partial charge < -0.3 is 10.2 Å². The van der Waals surface area contributed by atoms with E-state index in [2.05, 4.69) is 18.2 Å². The highest BCUT2D eigenvalue weighted by atomic mass is 16.3. The average molecular weight is 220 g/mol. The smallest absolute Gasteiger partial charge is 0.0839 e. The molecule has 2 rings (SSSR count). The lowest BCUT2D eigenvalue weighted by Gasteiger charge is -2.16. The molecule has 0 aliphatic heterocycles. The maximum absolute atomic E-state index is 9.77. The topological polar surface area (TPSA) is 40.5 Å². The van der Waals surface area contributed by atoms with Gasteiger partial charge in [0, 0.05) is 6.42 Å². The molecule has 0 heterocycles. The summed E-state index contributed by atoms with van der Waals surface area (Å²) in [6.07, 6.45) is 3.52. The standard InChI is InChI=1S/C14H20O2/c1-2-13(15)14(16)9-10-6-7-11-4-3-5-12(11)8-10/h6-8,13-16H,2-5,9H2,1H3. The number of aliphatic hydroxyl groups is 2. The van der Waals surface area contributed by atoms with Crippen LogP contribution in [0.3, 0.4) is 0 Å². The van der Waals surface area contributed by atoms with Crippen LogP contribution in [0.1, 0.15) is 36.5 Å². The van der Waals surface area contributed by atoms with Crippen LogP contribution in [-0.4, -0.2) is 22.4 Å². The Labute approximate surface area is 96.9 Å². The van der Waals surface area contributed by atoms with E-state index in [4.69, 9.17) is 0 Å². The van der Waals surface area contributed by atoms with E-state index in [-0.39, 0.29) is 0 Å². The summed E-state index contributed by atoms with van der Waals surface area (Å²) in [4.78, 5) is 0. The number of aryl methyl sites for hydroxylation is 2. The molecule has 0 spiro atoms. The molecule has 1 aliphatic carbocycles. The van der Waals surface area contributed by atoms with Crippen LogP contribution >= 0.6 is 0 Å². The van der Waals surface area contributed by atoms with E-state index in [0.717, 1.165) is 12.0 Å². The van der Waals surface area contributed by atoms with Gasteiger partial charge in [0.1, 0.15) is 0 Å². The zero-order valence-corrected chi connectivity index (χ0v) is 9.82. The number of benzene rings is 1. The van der Waals surface area contributed by atoms with Gasteiger partial charge in [-0.25, -0.2) is 0 Å². The Kier molecular flexibility index (Phi) is 3.62. The molecule has 16 heavy (non-hydrogen) atoms. The van der Waals surface area contributed by atoms with Crippen molar-refractivity contribution in [2.75, 3.05) is 0 Å². The molecule has 2 unspecified atom stereocenters. The fraction of sp³-hybridized carbons (Fsp3) is 0.571. The van der Waals surface area contributed by atoms with Crippen LogP contribution in [0, 0.1) is 0 Å². The van der Waals surface area contributed by atoms with E-state index in [1.54, 1.807) is 0 Å². The van der Waals surface area contributed by atoms with Crippen LogP contribution in [0.4, 0.5) is 0 Å². The summed E-state index contributed by atoms with van der Waals surface area (Å²) in [6, 6.07) is 6.44. The Morgan fingerprint density at radius 3 is 2.62 bits per heavy atom. The molecule has 1 aromatic carbocycles. The summed E-state index contributed by atoms with van der Waals surface area (Å²) < 4.78 is 0. The van der Waals surface area contributed by atoms with E-state index < -0.39 is 12.2 Å². The summed E-state index contributed by atoms with van der Waals surface area (Å²) in [7, 11) is 0. The van der Waals surface area contributed by atoms with Gasteiger partial charge >= 0.3 is 0 Å². The normalized spacial score (nSPS) is 18.2. The van der Waals surface area contributed by atoms with Gasteiger partial charge in [-0.05, 0) is 42.4 Å². The molecule has 0 saturated heterocycles. The number of rotatable bonds is 4. The van der Waals surface area contributed by atoms with E-state index >= 15 is 0 Å². The largest absolute Gasteiger partial charge is 0.390 e. The van der Waals surface area contributed by atoms with Gasteiger partial charge in [0.2, 0.25) is 0 Å². The molecular weight excluding hydrogens is 200 g/mol. The van der Waals surface area contributed by atoms with Crippen molar-refractivity contribution < 1.29 is 10.2 Å². The molecule has 1 aromatic rings. The predicted octanol–water partition coefficient (Wildman–Crippen LogP) is 1.85. The number of fused-ring (bicyclic) bond motifs is 1. The molecule has 0 aromatic heterocycles. The van der Waals surface area contributed by atoms with Crippen molar-refractivity contribution in [1.82, 2.24) is 0 Å². The minimum atomic E-state index is -0.635. The molecule has 2 nitrogen and oxygen atoms in total. The minimum Gasteiger partial charge on any atom is -0.390 e. The van der Waals surface area contributed by atoms with Crippen LogP contribution in [0.5, 0.6) is 0 Å². The molecule has 0 amide bonds. The van der Waals surface area contributed by atoms with E-state index in [1.165, 1.54) is 24.0 Å². The molecule has 1 aliphatic rings. The first kappa shape index (κ1) is 11.6. The van der Waals surface area contributed by atoms with Gasteiger partial charge in [-0.3, -0.25) is 0 Å². The van der Waals surface area contributed by atoms with E-state index in [9.17, 15) is 10.2 Å². The molecular formula is C14H20O2. The third-order valence-electron chi connectivity index (χ3n) is 3.47.